The third kappa shape index (κ3) is 4.14. The third-order valence-corrected chi connectivity index (χ3v) is 5.64. The van der Waals surface area contributed by atoms with Gasteiger partial charge in [0.05, 0.1) is 11.6 Å². The fourth-order valence-corrected chi connectivity index (χ4v) is 3.83. The summed E-state index contributed by atoms with van der Waals surface area (Å²) >= 11 is 0. The Balaban J connectivity index is 2.09. The number of aliphatic hydroxyl groups excluding tert-OH is 1. The predicted molar refractivity (Wildman–Crippen MR) is 114 cm³/mol. The summed E-state index contributed by atoms with van der Waals surface area (Å²) in [4.78, 5) is 29.5. The molecule has 0 aromatic heterocycles. The Morgan fingerprint density at radius 3 is 2.37 bits per heavy atom. The van der Waals surface area contributed by atoms with Crippen LogP contribution in [0.2, 0.25) is 0 Å². The molecule has 158 valence electrons. The minimum atomic E-state index is -0.720. The van der Waals surface area contributed by atoms with Gasteiger partial charge in [0.25, 0.3) is 11.7 Å². The summed E-state index contributed by atoms with van der Waals surface area (Å²) in [7, 11) is 0. The number of likely N-dealkylation sites (N-methyl/N-ethyl adjacent to an activating group) is 1. The molecule has 1 saturated heterocycles. The standard InChI is InChI=1S/C24H27FN2O3/c1-4-26(5-2)13-14-27-21(17-9-7-6-8-10-17)20(23(29)24(27)30)22(28)18-11-12-19(25)16(3)15-18/h6-12,15,21,28H,4-5,13-14H2,1-3H3/b22-20-. The molecule has 2 aromatic rings. The number of halogens is 1. The Hall–Kier alpha value is -2.99. The van der Waals surface area contributed by atoms with Crippen LogP contribution in [0.15, 0.2) is 54.1 Å². The van der Waals surface area contributed by atoms with Crippen LogP contribution in [0.1, 0.15) is 36.6 Å². The third-order valence-electron chi connectivity index (χ3n) is 5.64. The number of benzene rings is 2. The molecule has 1 aliphatic rings. The minimum absolute atomic E-state index is 0.0387. The van der Waals surface area contributed by atoms with Crippen LogP contribution in [0.25, 0.3) is 5.76 Å². The summed E-state index contributed by atoms with van der Waals surface area (Å²) in [6.07, 6.45) is 0. The lowest BCUT2D eigenvalue weighted by Gasteiger charge is -2.28. The van der Waals surface area contributed by atoms with Gasteiger partial charge in [-0.15, -0.1) is 0 Å². The van der Waals surface area contributed by atoms with Gasteiger partial charge in [-0.05, 0) is 49.3 Å². The molecule has 0 spiro atoms. The van der Waals surface area contributed by atoms with Crippen molar-refractivity contribution < 1.29 is 19.1 Å². The summed E-state index contributed by atoms with van der Waals surface area (Å²) in [5.74, 6) is -2.03. The highest BCUT2D eigenvalue weighted by Gasteiger charge is 2.45. The first-order valence-electron chi connectivity index (χ1n) is 10.2. The van der Waals surface area contributed by atoms with Crippen molar-refractivity contribution in [2.45, 2.75) is 26.8 Å². The van der Waals surface area contributed by atoms with Crippen LogP contribution in [-0.2, 0) is 9.59 Å². The van der Waals surface area contributed by atoms with E-state index in [-0.39, 0.29) is 11.3 Å². The summed E-state index contributed by atoms with van der Waals surface area (Å²) in [6.45, 7) is 8.34. The summed E-state index contributed by atoms with van der Waals surface area (Å²) < 4.78 is 13.7. The zero-order chi connectivity index (χ0) is 21.8. The van der Waals surface area contributed by atoms with Gasteiger partial charge in [-0.1, -0.05) is 44.2 Å². The second-order valence-electron chi connectivity index (χ2n) is 7.39. The number of likely N-dealkylation sites (tertiary alicyclic amines) is 1. The maximum Gasteiger partial charge on any atom is 0.295 e. The van der Waals surface area contributed by atoms with Gasteiger partial charge >= 0.3 is 0 Å². The van der Waals surface area contributed by atoms with Crippen LogP contribution in [0, 0.1) is 12.7 Å². The first kappa shape index (κ1) is 21.7. The predicted octanol–water partition coefficient (Wildman–Crippen LogP) is 3.90. The normalized spacial score (nSPS) is 18.4. The van der Waals surface area contributed by atoms with Crippen molar-refractivity contribution in [2.24, 2.45) is 0 Å². The van der Waals surface area contributed by atoms with Crippen LogP contribution >= 0.6 is 0 Å². The van der Waals surface area contributed by atoms with Crippen LogP contribution in [-0.4, -0.2) is 52.8 Å². The van der Waals surface area contributed by atoms with Gasteiger partial charge in [-0.3, -0.25) is 9.59 Å². The lowest BCUT2D eigenvalue weighted by atomic mass is 9.95. The molecule has 5 nitrogen and oxygen atoms in total. The van der Waals surface area contributed by atoms with E-state index in [1.165, 1.54) is 23.1 Å². The number of nitrogens with zero attached hydrogens (tertiary/aromatic N) is 2. The van der Waals surface area contributed by atoms with E-state index in [0.29, 0.717) is 24.2 Å². The number of hydrogen-bond acceptors (Lipinski definition) is 4. The van der Waals surface area contributed by atoms with Crippen molar-refractivity contribution in [1.82, 2.24) is 9.80 Å². The molecule has 1 atom stereocenters. The van der Waals surface area contributed by atoms with E-state index in [0.717, 1.165) is 18.7 Å². The second-order valence-corrected chi connectivity index (χ2v) is 7.39. The molecule has 1 N–H and O–H groups in total. The van der Waals surface area contributed by atoms with E-state index in [9.17, 15) is 19.1 Å². The van der Waals surface area contributed by atoms with Gasteiger partial charge in [0.1, 0.15) is 11.6 Å². The molecule has 0 radical (unpaired) electrons. The number of carbonyl (C=O) groups excluding carboxylic acids is 2. The van der Waals surface area contributed by atoms with Crippen molar-refractivity contribution in [3.05, 3.63) is 76.6 Å². The fraction of sp³-hybridized carbons (Fsp3) is 0.333. The zero-order valence-electron chi connectivity index (χ0n) is 17.6. The Kier molecular flexibility index (Phi) is 6.67. The minimum Gasteiger partial charge on any atom is -0.507 e. The van der Waals surface area contributed by atoms with Crippen molar-refractivity contribution in [2.75, 3.05) is 26.2 Å². The lowest BCUT2D eigenvalue weighted by Crippen LogP contribution is -2.38. The van der Waals surface area contributed by atoms with Crippen molar-refractivity contribution in [1.29, 1.82) is 0 Å². The number of carbonyl (C=O) groups is 2. The summed E-state index contributed by atoms with van der Waals surface area (Å²) in [5.41, 5.74) is 1.45. The highest BCUT2D eigenvalue weighted by Crippen LogP contribution is 2.39. The van der Waals surface area contributed by atoms with Crippen molar-refractivity contribution in [3.63, 3.8) is 0 Å². The number of hydrogen-bond donors (Lipinski definition) is 1. The van der Waals surface area contributed by atoms with Gasteiger partial charge in [0.2, 0.25) is 0 Å². The molecule has 30 heavy (non-hydrogen) atoms. The van der Waals surface area contributed by atoms with E-state index in [4.69, 9.17) is 0 Å². The molecular formula is C24H27FN2O3. The molecule has 1 amide bonds. The molecule has 1 fully saturated rings. The van der Waals surface area contributed by atoms with E-state index in [1.807, 2.05) is 44.2 Å². The van der Waals surface area contributed by atoms with Crippen molar-refractivity contribution >= 4 is 17.4 Å². The van der Waals surface area contributed by atoms with E-state index in [1.54, 1.807) is 6.92 Å². The fourth-order valence-electron chi connectivity index (χ4n) is 3.83. The first-order chi connectivity index (χ1) is 14.4. The topological polar surface area (TPSA) is 60.9 Å². The SMILES string of the molecule is CCN(CC)CCN1C(=O)C(=O)/C(=C(\O)c2ccc(F)c(C)c2)C1c1ccccc1. The molecule has 2 aromatic carbocycles. The number of ketones is 1. The van der Waals surface area contributed by atoms with Crippen LogP contribution in [0.3, 0.4) is 0 Å². The molecular weight excluding hydrogens is 383 g/mol. The maximum absolute atomic E-state index is 13.7. The first-order valence-corrected chi connectivity index (χ1v) is 10.2. The highest BCUT2D eigenvalue weighted by atomic mass is 19.1. The smallest absolute Gasteiger partial charge is 0.295 e. The highest BCUT2D eigenvalue weighted by molar-refractivity contribution is 6.46. The number of rotatable bonds is 7. The van der Waals surface area contributed by atoms with Crippen LogP contribution < -0.4 is 0 Å². The largest absolute Gasteiger partial charge is 0.507 e. The van der Waals surface area contributed by atoms with E-state index in [2.05, 4.69) is 4.90 Å². The average molecular weight is 410 g/mol. The average Bonchev–Trinajstić information content (AvgIpc) is 3.01. The molecule has 1 heterocycles. The molecule has 0 aliphatic carbocycles. The van der Waals surface area contributed by atoms with Gasteiger partial charge in [0, 0.05) is 18.7 Å². The number of Topliss-reactive ketones (excluding diaryl/α,β-unsaturated/α-hetero) is 1. The number of aryl methyl sites for hydroxylation is 1. The molecule has 6 heteroatoms. The Morgan fingerprint density at radius 2 is 1.77 bits per heavy atom. The zero-order valence-corrected chi connectivity index (χ0v) is 17.6. The lowest BCUT2D eigenvalue weighted by molar-refractivity contribution is -0.140. The Labute approximate surface area is 176 Å². The maximum atomic E-state index is 13.7. The van der Waals surface area contributed by atoms with Gasteiger partial charge < -0.3 is 14.9 Å². The summed E-state index contributed by atoms with van der Waals surface area (Å²) in [5, 5.41) is 11.0. The summed E-state index contributed by atoms with van der Waals surface area (Å²) in [6, 6.07) is 12.7. The van der Waals surface area contributed by atoms with Gasteiger partial charge in [-0.2, -0.15) is 0 Å². The number of aliphatic hydroxyl groups is 1. The Morgan fingerprint density at radius 1 is 1.10 bits per heavy atom. The Bertz CT molecular complexity index is 968. The van der Waals surface area contributed by atoms with Gasteiger partial charge in [-0.25, -0.2) is 4.39 Å². The van der Waals surface area contributed by atoms with Crippen molar-refractivity contribution in [3.8, 4) is 0 Å². The monoisotopic (exact) mass is 410 g/mol. The quantitative estimate of drug-likeness (QED) is 0.427. The van der Waals surface area contributed by atoms with Crippen LogP contribution in [0.5, 0.6) is 0 Å². The molecule has 0 saturated carbocycles. The van der Waals surface area contributed by atoms with E-state index < -0.39 is 23.5 Å². The number of amides is 1. The van der Waals surface area contributed by atoms with Gasteiger partial charge in [0.15, 0.2) is 0 Å². The van der Waals surface area contributed by atoms with E-state index >= 15 is 0 Å². The molecule has 1 aliphatic heterocycles. The molecule has 0 bridgehead atoms. The van der Waals surface area contributed by atoms with Crippen LogP contribution in [0.4, 0.5) is 4.39 Å². The second kappa shape index (κ2) is 9.22. The molecule has 1 unspecified atom stereocenters. The molecule has 3 rings (SSSR count).